The summed E-state index contributed by atoms with van der Waals surface area (Å²) in [6.07, 6.45) is 0.563. The molecule has 0 spiro atoms. The smallest absolute Gasteiger partial charge is 0.345 e. The monoisotopic (exact) mass is 363 g/mol. The molecule has 0 atom stereocenters. The number of carbonyl (C=O) groups is 2. The molecule has 1 aromatic heterocycles. The number of nitro benzene ring substituents is 1. The molecule has 2 rings (SSSR count). The molecule has 0 fully saturated rings. The van der Waals surface area contributed by atoms with Gasteiger partial charge in [-0.25, -0.2) is 4.79 Å². The number of nitrogens with zero attached hydrogens (tertiary/aromatic N) is 1. The van der Waals surface area contributed by atoms with Gasteiger partial charge in [-0.3, -0.25) is 14.9 Å². The van der Waals surface area contributed by atoms with Crippen LogP contribution in [-0.4, -0.2) is 35.0 Å². The van der Waals surface area contributed by atoms with Crippen LogP contribution in [0.4, 0.5) is 11.4 Å². The van der Waals surface area contributed by atoms with Crippen LogP contribution in [0.3, 0.4) is 0 Å². The summed E-state index contributed by atoms with van der Waals surface area (Å²) in [4.78, 5) is 33.7. The third-order valence-electron chi connectivity index (χ3n) is 3.35. The van der Waals surface area contributed by atoms with E-state index >= 15 is 0 Å². The molecule has 0 saturated heterocycles. The number of hydrogen-bond donors (Lipinski definition) is 3. The topological polar surface area (TPSA) is 122 Å². The summed E-state index contributed by atoms with van der Waals surface area (Å²) in [5.41, 5.74) is 1.26. The number of hydrogen-bond acceptors (Lipinski definition) is 6. The number of anilines is 1. The molecular weight excluding hydrogens is 346 g/mol. The van der Waals surface area contributed by atoms with Crippen molar-refractivity contribution in [3.8, 4) is 0 Å². The van der Waals surface area contributed by atoms with E-state index in [4.69, 9.17) is 5.11 Å². The number of rotatable bonds is 8. The molecule has 0 bridgehead atoms. The number of carboxylic acids is 1. The molecule has 9 heteroatoms. The molecule has 132 valence electrons. The van der Waals surface area contributed by atoms with Gasteiger partial charge in [0.2, 0.25) is 0 Å². The summed E-state index contributed by atoms with van der Waals surface area (Å²) in [5, 5.41) is 25.5. The lowest BCUT2D eigenvalue weighted by Crippen LogP contribution is -2.25. The molecule has 0 aliphatic rings. The number of thiophene rings is 1. The van der Waals surface area contributed by atoms with Gasteiger partial charge >= 0.3 is 5.97 Å². The lowest BCUT2D eigenvalue weighted by molar-refractivity contribution is -0.384. The van der Waals surface area contributed by atoms with Gasteiger partial charge in [-0.15, -0.1) is 11.3 Å². The van der Waals surface area contributed by atoms with Gasteiger partial charge in [-0.05, 0) is 37.1 Å². The van der Waals surface area contributed by atoms with Gasteiger partial charge in [-0.1, -0.05) is 6.07 Å². The Balaban J connectivity index is 1.79. The number of carboxylic acid groups (broad SMARTS) is 1. The average Bonchev–Trinajstić information content (AvgIpc) is 3.05. The Morgan fingerprint density at radius 1 is 1.20 bits per heavy atom. The van der Waals surface area contributed by atoms with Crippen molar-refractivity contribution < 1.29 is 19.6 Å². The SMILES string of the molecule is Cc1ccc(NCCCNC(=O)c2ccc(C(=O)O)s2)c([N+](=O)[O-])c1. The van der Waals surface area contributed by atoms with Crippen molar-refractivity contribution in [1.29, 1.82) is 0 Å². The normalized spacial score (nSPS) is 10.3. The molecule has 3 N–H and O–H groups in total. The zero-order valence-electron chi connectivity index (χ0n) is 13.4. The molecule has 8 nitrogen and oxygen atoms in total. The molecule has 1 aromatic carbocycles. The van der Waals surface area contributed by atoms with E-state index in [0.717, 1.165) is 16.9 Å². The molecular formula is C16H17N3O5S. The Morgan fingerprint density at radius 3 is 2.56 bits per heavy atom. The van der Waals surface area contributed by atoms with Crippen molar-refractivity contribution in [1.82, 2.24) is 5.32 Å². The fourth-order valence-corrected chi connectivity index (χ4v) is 2.88. The second-order valence-corrected chi connectivity index (χ2v) is 6.37. The van der Waals surface area contributed by atoms with Gasteiger partial charge in [-0.2, -0.15) is 0 Å². The fourth-order valence-electron chi connectivity index (χ4n) is 2.12. The van der Waals surface area contributed by atoms with Gasteiger partial charge in [0, 0.05) is 19.2 Å². The summed E-state index contributed by atoms with van der Waals surface area (Å²) in [6, 6.07) is 7.80. The van der Waals surface area contributed by atoms with Gasteiger partial charge in [0.25, 0.3) is 11.6 Å². The van der Waals surface area contributed by atoms with Crippen molar-refractivity contribution in [2.75, 3.05) is 18.4 Å². The summed E-state index contributed by atoms with van der Waals surface area (Å²) in [5.74, 6) is -1.40. The van der Waals surface area contributed by atoms with E-state index in [1.165, 1.54) is 18.2 Å². The maximum absolute atomic E-state index is 11.9. The molecule has 0 saturated carbocycles. The van der Waals surface area contributed by atoms with E-state index in [-0.39, 0.29) is 16.5 Å². The first-order valence-corrected chi connectivity index (χ1v) is 8.30. The minimum atomic E-state index is -1.06. The third kappa shape index (κ3) is 5.01. The molecule has 0 unspecified atom stereocenters. The Hall–Kier alpha value is -2.94. The summed E-state index contributed by atoms with van der Waals surface area (Å²) >= 11 is 0.914. The number of aromatic carboxylic acids is 1. The molecule has 1 heterocycles. The highest BCUT2D eigenvalue weighted by atomic mass is 32.1. The molecule has 0 aliphatic carbocycles. The first-order chi connectivity index (χ1) is 11.9. The molecule has 2 aromatic rings. The average molecular weight is 363 g/mol. The number of nitro groups is 1. The zero-order valence-corrected chi connectivity index (χ0v) is 14.3. The van der Waals surface area contributed by atoms with Crippen LogP contribution in [0, 0.1) is 17.0 Å². The van der Waals surface area contributed by atoms with Gasteiger partial charge < -0.3 is 15.7 Å². The van der Waals surface area contributed by atoms with Crippen molar-refractivity contribution in [3.63, 3.8) is 0 Å². The Kier molecular flexibility index (Phi) is 6.07. The lowest BCUT2D eigenvalue weighted by atomic mass is 10.2. The molecule has 0 aliphatic heterocycles. The highest BCUT2D eigenvalue weighted by Gasteiger charge is 2.14. The molecule has 0 radical (unpaired) electrons. The van der Waals surface area contributed by atoms with Crippen molar-refractivity contribution >= 4 is 34.6 Å². The van der Waals surface area contributed by atoms with E-state index < -0.39 is 10.9 Å². The van der Waals surface area contributed by atoms with E-state index in [2.05, 4.69) is 10.6 Å². The number of aryl methyl sites for hydroxylation is 1. The van der Waals surface area contributed by atoms with Crippen LogP contribution < -0.4 is 10.6 Å². The number of amides is 1. The summed E-state index contributed by atoms with van der Waals surface area (Å²) < 4.78 is 0. The first-order valence-electron chi connectivity index (χ1n) is 7.48. The van der Waals surface area contributed by atoms with Crippen LogP contribution in [0.15, 0.2) is 30.3 Å². The van der Waals surface area contributed by atoms with Crippen molar-refractivity contribution in [3.05, 3.63) is 55.8 Å². The molecule has 25 heavy (non-hydrogen) atoms. The van der Waals surface area contributed by atoms with E-state index in [1.54, 1.807) is 19.1 Å². The van der Waals surface area contributed by atoms with Crippen LogP contribution in [-0.2, 0) is 0 Å². The number of benzene rings is 1. The van der Waals surface area contributed by atoms with Crippen molar-refractivity contribution in [2.45, 2.75) is 13.3 Å². The number of nitrogens with one attached hydrogen (secondary N) is 2. The molecule has 1 amide bonds. The maximum Gasteiger partial charge on any atom is 0.345 e. The highest BCUT2D eigenvalue weighted by molar-refractivity contribution is 7.15. The van der Waals surface area contributed by atoms with Crippen molar-refractivity contribution in [2.24, 2.45) is 0 Å². The largest absolute Gasteiger partial charge is 0.477 e. The minimum Gasteiger partial charge on any atom is -0.477 e. The third-order valence-corrected chi connectivity index (χ3v) is 4.42. The Morgan fingerprint density at radius 2 is 1.92 bits per heavy atom. The summed E-state index contributed by atoms with van der Waals surface area (Å²) in [7, 11) is 0. The van der Waals surface area contributed by atoms with Gasteiger partial charge in [0.15, 0.2) is 0 Å². The Labute approximate surface area is 147 Å². The van der Waals surface area contributed by atoms with Gasteiger partial charge in [0.1, 0.15) is 10.6 Å². The van der Waals surface area contributed by atoms with Crippen LogP contribution >= 0.6 is 11.3 Å². The standard InChI is InChI=1S/C16H17N3O5S/c1-10-3-4-11(12(9-10)19(23)24)17-7-2-8-18-15(20)13-5-6-14(25-13)16(21)22/h3-6,9,17H,2,7-8H2,1H3,(H,18,20)(H,21,22). The summed E-state index contributed by atoms with van der Waals surface area (Å²) in [6.45, 7) is 2.60. The van der Waals surface area contributed by atoms with Crippen LogP contribution in [0.2, 0.25) is 0 Å². The quantitative estimate of drug-likeness (QED) is 0.377. The maximum atomic E-state index is 11.9. The Bertz CT molecular complexity index is 803. The number of carbonyl (C=O) groups excluding carboxylic acids is 1. The predicted molar refractivity (Wildman–Crippen MR) is 94.6 cm³/mol. The zero-order chi connectivity index (χ0) is 18.4. The van der Waals surface area contributed by atoms with E-state index in [9.17, 15) is 19.7 Å². The van der Waals surface area contributed by atoms with Crippen LogP contribution in [0.1, 0.15) is 31.3 Å². The van der Waals surface area contributed by atoms with Crippen LogP contribution in [0.25, 0.3) is 0 Å². The van der Waals surface area contributed by atoms with Gasteiger partial charge in [0.05, 0.1) is 9.80 Å². The first kappa shape index (κ1) is 18.4. The second kappa shape index (κ2) is 8.25. The minimum absolute atomic E-state index is 0.0174. The fraction of sp³-hybridized carbons (Fsp3) is 0.250. The lowest BCUT2D eigenvalue weighted by Gasteiger charge is -2.08. The van der Waals surface area contributed by atoms with E-state index in [1.807, 2.05) is 0 Å². The highest BCUT2D eigenvalue weighted by Crippen LogP contribution is 2.25. The second-order valence-electron chi connectivity index (χ2n) is 5.28. The van der Waals surface area contributed by atoms with E-state index in [0.29, 0.717) is 30.1 Å². The predicted octanol–water partition coefficient (Wildman–Crippen LogP) is 2.89. The van der Waals surface area contributed by atoms with Crippen LogP contribution in [0.5, 0.6) is 0 Å².